The molecular weight excluding hydrogens is 358 g/mol. The zero-order valence-corrected chi connectivity index (χ0v) is 15.1. The highest BCUT2D eigenvalue weighted by atomic mass is 32.2. The summed E-state index contributed by atoms with van der Waals surface area (Å²) in [5, 5.41) is 10.7. The van der Waals surface area contributed by atoms with Gasteiger partial charge in [0.05, 0.1) is 11.3 Å². The molecule has 138 valence electrons. The van der Waals surface area contributed by atoms with E-state index in [0.717, 1.165) is 0 Å². The Labute approximate surface area is 151 Å². The van der Waals surface area contributed by atoms with Gasteiger partial charge in [-0.15, -0.1) is 5.10 Å². The predicted molar refractivity (Wildman–Crippen MR) is 93.4 cm³/mol. The molecular formula is C16H19N5O4S. The van der Waals surface area contributed by atoms with Crippen LogP contribution in [0.4, 0.5) is 11.7 Å². The van der Waals surface area contributed by atoms with Crippen molar-refractivity contribution in [2.24, 2.45) is 0 Å². The fraction of sp³-hybridized carbons (Fsp3) is 0.438. The Morgan fingerprint density at radius 3 is 2.65 bits per heavy atom. The van der Waals surface area contributed by atoms with Crippen molar-refractivity contribution in [3.63, 3.8) is 0 Å². The smallest absolute Gasteiger partial charge is 0.318 e. The molecule has 4 rings (SSSR count). The summed E-state index contributed by atoms with van der Waals surface area (Å²) < 4.78 is 32.8. The minimum atomic E-state index is -3.61. The molecule has 9 nitrogen and oxygen atoms in total. The van der Waals surface area contributed by atoms with Crippen LogP contribution in [0.15, 0.2) is 27.5 Å². The van der Waals surface area contributed by atoms with E-state index in [0.29, 0.717) is 55.8 Å². The van der Waals surface area contributed by atoms with Crippen molar-refractivity contribution < 1.29 is 17.6 Å². The lowest BCUT2D eigenvalue weighted by atomic mass is 10.2. The number of rotatable bonds is 4. The summed E-state index contributed by atoms with van der Waals surface area (Å²) in [4.78, 5) is 13.6. The third-order valence-corrected chi connectivity index (χ3v) is 6.50. The molecule has 1 saturated heterocycles. The van der Waals surface area contributed by atoms with Crippen LogP contribution in [0.25, 0.3) is 0 Å². The van der Waals surface area contributed by atoms with Crippen molar-refractivity contribution in [1.82, 2.24) is 14.5 Å². The average Bonchev–Trinajstić information content (AvgIpc) is 3.26. The Hall–Kier alpha value is -2.46. The standard InChI is InChI=1S/C16H19N5O4S/c1-2-15-18-19-16(25-15)20-5-7-21(8-6-20)26(23,24)12-3-4-13-11(9-12)10-14(22)17-13/h3-4,9H,2,5-8,10H2,1H3,(H,17,22). The molecule has 1 amide bonds. The summed E-state index contributed by atoms with van der Waals surface area (Å²) in [5.41, 5.74) is 1.40. The molecule has 0 bridgehead atoms. The molecule has 0 radical (unpaired) electrons. The molecule has 1 N–H and O–H groups in total. The highest BCUT2D eigenvalue weighted by Crippen LogP contribution is 2.28. The Bertz CT molecular complexity index is 947. The number of aryl methyl sites for hydroxylation is 1. The van der Waals surface area contributed by atoms with E-state index in [1.165, 1.54) is 10.4 Å². The van der Waals surface area contributed by atoms with Crippen LogP contribution in [-0.4, -0.2) is 55.0 Å². The van der Waals surface area contributed by atoms with Crippen LogP contribution in [0, 0.1) is 0 Å². The summed E-state index contributed by atoms with van der Waals surface area (Å²) in [6.45, 7) is 3.56. The Kier molecular flexibility index (Phi) is 4.16. The summed E-state index contributed by atoms with van der Waals surface area (Å²) in [5.74, 6) is 0.450. The maximum absolute atomic E-state index is 12.9. The van der Waals surface area contributed by atoms with Gasteiger partial charge in [-0.3, -0.25) is 4.79 Å². The first kappa shape index (κ1) is 17.0. The second-order valence-corrected chi connectivity index (χ2v) is 8.20. The molecule has 26 heavy (non-hydrogen) atoms. The van der Waals surface area contributed by atoms with Gasteiger partial charge in [0.1, 0.15) is 0 Å². The molecule has 10 heteroatoms. The number of hydrogen-bond acceptors (Lipinski definition) is 7. The van der Waals surface area contributed by atoms with E-state index in [4.69, 9.17) is 4.42 Å². The van der Waals surface area contributed by atoms with Crippen LogP contribution < -0.4 is 10.2 Å². The number of hydrogen-bond donors (Lipinski definition) is 1. The normalized spacial score (nSPS) is 18.0. The highest BCUT2D eigenvalue weighted by molar-refractivity contribution is 7.89. The monoisotopic (exact) mass is 377 g/mol. The van der Waals surface area contributed by atoms with E-state index < -0.39 is 10.0 Å². The highest BCUT2D eigenvalue weighted by Gasteiger charge is 2.31. The minimum absolute atomic E-state index is 0.117. The molecule has 1 fully saturated rings. The van der Waals surface area contributed by atoms with E-state index in [-0.39, 0.29) is 17.2 Å². The number of sulfonamides is 1. The van der Waals surface area contributed by atoms with Gasteiger partial charge in [-0.05, 0) is 23.8 Å². The first-order valence-electron chi connectivity index (χ1n) is 8.47. The van der Waals surface area contributed by atoms with Crippen molar-refractivity contribution in [1.29, 1.82) is 0 Å². The number of nitrogens with one attached hydrogen (secondary N) is 1. The first-order chi connectivity index (χ1) is 12.5. The van der Waals surface area contributed by atoms with Crippen LogP contribution in [0.5, 0.6) is 0 Å². The second-order valence-electron chi connectivity index (χ2n) is 6.27. The van der Waals surface area contributed by atoms with Gasteiger partial charge < -0.3 is 14.6 Å². The van der Waals surface area contributed by atoms with E-state index in [9.17, 15) is 13.2 Å². The topological polar surface area (TPSA) is 109 Å². The van der Waals surface area contributed by atoms with Crippen LogP contribution in [0.3, 0.4) is 0 Å². The maximum atomic E-state index is 12.9. The number of carbonyl (C=O) groups is 1. The SMILES string of the molecule is CCc1nnc(N2CCN(S(=O)(=O)c3ccc4c(c3)CC(=O)N4)CC2)o1. The van der Waals surface area contributed by atoms with Gasteiger partial charge >= 0.3 is 6.01 Å². The maximum Gasteiger partial charge on any atom is 0.318 e. The van der Waals surface area contributed by atoms with Gasteiger partial charge in [-0.25, -0.2) is 8.42 Å². The van der Waals surface area contributed by atoms with Gasteiger partial charge in [0.15, 0.2) is 0 Å². The first-order valence-corrected chi connectivity index (χ1v) is 9.91. The van der Waals surface area contributed by atoms with Gasteiger partial charge in [0.2, 0.25) is 21.8 Å². The lowest BCUT2D eigenvalue weighted by molar-refractivity contribution is -0.115. The molecule has 2 aliphatic rings. The van der Waals surface area contributed by atoms with Gasteiger partial charge in [-0.2, -0.15) is 4.31 Å². The average molecular weight is 377 g/mol. The third kappa shape index (κ3) is 2.95. The third-order valence-electron chi connectivity index (χ3n) is 4.61. The van der Waals surface area contributed by atoms with Crippen molar-refractivity contribution in [3.05, 3.63) is 29.7 Å². The van der Waals surface area contributed by atoms with E-state index in [1.54, 1.807) is 12.1 Å². The molecule has 3 heterocycles. The van der Waals surface area contributed by atoms with Crippen LogP contribution in [-0.2, 0) is 27.7 Å². The minimum Gasteiger partial charge on any atom is -0.408 e. The zero-order valence-electron chi connectivity index (χ0n) is 14.3. The number of piperazine rings is 1. The fourth-order valence-electron chi connectivity index (χ4n) is 3.15. The number of anilines is 2. The molecule has 0 aliphatic carbocycles. The number of fused-ring (bicyclic) bond motifs is 1. The molecule has 0 unspecified atom stereocenters. The van der Waals surface area contributed by atoms with Gasteiger partial charge in [-0.1, -0.05) is 12.0 Å². The zero-order chi connectivity index (χ0) is 18.3. The number of benzene rings is 1. The predicted octanol–water partition coefficient (Wildman–Crippen LogP) is 0.637. The summed E-state index contributed by atoms with van der Waals surface area (Å²) in [6.07, 6.45) is 0.875. The van der Waals surface area contributed by atoms with Crippen LogP contribution in [0.1, 0.15) is 18.4 Å². The molecule has 0 atom stereocenters. The van der Waals surface area contributed by atoms with Crippen molar-refractivity contribution in [2.75, 3.05) is 36.4 Å². The Morgan fingerprint density at radius 1 is 1.19 bits per heavy atom. The van der Waals surface area contributed by atoms with E-state index in [2.05, 4.69) is 15.5 Å². The largest absolute Gasteiger partial charge is 0.408 e. The molecule has 0 spiro atoms. The molecule has 1 aromatic carbocycles. The molecule has 2 aromatic rings. The lowest BCUT2D eigenvalue weighted by Gasteiger charge is -2.32. The van der Waals surface area contributed by atoms with Gasteiger partial charge in [0, 0.05) is 38.3 Å². The summed E-state index contributed by atoms with van der Waals surface area (Å²) in [7, 11) is -3.61. The Morgan fingerprint density at radius 2 is 1.96 bits per heavy atom. The number of aromatic nitrogens is 2. The number of amides is 1. The molecule has 0 saturated carbocycles. The van der Waals surface area contributed by atoms with Crippen LogP contribution in [0.2, 0.25) is 0 Å². The quantitative estimate of drug-likeness (QED) is 0.833. The lowest BCUT2D eigenvalue weighted by Crippen LogP contribution is -2.48. The van der Waals surface area contributed by atoms with Crippen molar-refractivity contribution >= 4 is 27.6 Å². The van der Waals surface area contributed by atoms with E-state index >= 15 is 0 Å². The van der Waals surface area contributed by atoms with Gasteiger partial charge in [0.25, 0.3) is 0 Å². The summed E-state index contributed by atoms with van der Waals surface area (Å²) in [6, 6.07) is 5.20. The number of nitrogens with zero attached hydrogens (tertiary/aromatic N) is 4. The molecule has 1 aromatic heterocycles. The summed E-state index contributed by atoms with van der Waals surface area (Å²) >= 11 is 0. The van der Waals surface area contributed by atoms with Crippen molar-refractivity contribution in [2.45, 2.75) is 24.7 Å². The molecule has 2 aliphatic heterocycles. The van der Waals surface area contributed by atoms with E-state index in [1.807, 2.05) is 11.8 Å². The van der Waals surface area contributed by atoms with Crippen LogP contribution >= 0.6 is 0 Å². The van der Waals surface area contributed by atoms with Crippen molar-refractivity contribution in [3.8, 4) is 0 Å². The number of carbonyl (C=O) groups excluding carboxylic acids is 1. The second kappa shape index (κ2) is 6.36. The Balaban J connectivity index is 1.48. The fourth-order valence-corrected chi connectivity index (χ4v) is 4.62.